The van der Waals surface area contributed by atoms with Crippen LogP contribution in [0.3, 0.4) is 0 Å². The molecule has 1 aliphatic heterocycles. The van der Waals surface area contributed by atoms with Gasteiger partial charge in [0.25, 0.3) is 5.56 Å². The Morgan fingerprint density at radius 3 is 2.64 bits per heavy atom. The van der Waals surface area contributed by atoms with Crippen LogP contribution in [0.25, 0.3) is 5.69 Å². The minimum Gasteiger partial charge on any atom is -0.486 e. The lowest BCUT2D eigenvalue weighted by atomic mass is 10.1. The smallest absolute Gasteiger partial charge is 0.341 e. The van der Waals surface area contributed by atoms with Crippen molar-refractivity contribution in [2.24, 2.45) is 0 Å². The van der Waals surface area contributed by atoms with E-state index in [1.165, 1.54) is 4.57 Å². The number of ether oxygens (including phenoxy) is 2. The van der Waals surface area contributed by atoms with E-state index in [2.05, 4.69) is 15.9 Å². The molecule has 0 unspecified atom stereocenters. The van der Waals surface area contributed by atoms with Gasteiger partial charge in [0.2, 0.25) is 0 Å². The first-order valence-corrected chi connectivity index (χ1v) is 7.33. The van der Waals surface area contributed by atoms with Gasteiger partial charge in [-0.3, -0.25) is 9.36 Å². The van der Waals surface area contributed by atoms with E-state index in [0.29, 0.717) is 40.4 Å². The Kier molecular flexibility index (Phi) is 3.66. The number of benzene rings is 1. The summed E-state index contributed by atoms with van der Waals surface area (Å²) in [4.78, 5) is 23.8. The molecule has 0 fully saturated rings. The molecule has 1 N–H and O–H groups in total. The topological polar surface area (TPSA) is 77.8 Å². The van der Waals surface area contributed by atoms with Crippen molar-refractivity contribution in [3.05, 3.63) is 50.3 Å². The summed E-state index contributed by atoms with van der Waals surface area (Å²) in [5.74, 6) is -0.119. The van der Waals surface area contributed by atoms with Crippen LogP contribution < -0.4 is 15.0 Å². The van der Waals surface area contributed by atoms with Gasteiger partial charge in [-0.25, -0.2) is 4.79 Å². The van der Waals surface area contributed by atoms with Crippen molar-refractivity contribution in [3.8, 4) is 17.2 Å². The summed E-state index contributed by atoms with van der Waals surface area (Å²) in [7, 11) is 0. The first-order valence-electron chi connectivity index (χ1n) is 6.54. The van der Waals surface area contributed by atoms with Crippen molar-refractivity contribution in [3.63, 3.8) is 0 Å². The molecule has 0 saturated carbocycles. The van der Waals surface area contributed by atoms with Crippen LogP contribution >= 0.6 is 15.9 Å². The maximum absolute atomic E-state index is 12.4. The van der Waals surface area contributed by atoms with E-state index >= 15 is 0 Å². The van der Waals surface area contributed by atoms with Gasteiger partial charge >= 0.3 is 5.97 Å². The number of hydrogen-bond acceptors (Lipinski definition) is 4. The second kappa shape index (κ2) is 5.49. The molecule has 0 saturated heterocycles. The summed E-state index contributed by atoms with van der Waals surface area (Å²) in [5.41, 5.74) is 0.0536. The number of halogens is 1. The number of carbonyl (C=O) groups is 1. The van der Waals surface area contributed by atoms with Gasteiger partial charge in [-0.1, -0.05) is 0 Å². The molecular formula is C15H12BrNO5. The molecular weight excluding hydrogens is 354 g/mol. The Morgan fingerprint density at radius 2 is 1.95 bits per heavy atom. The summed E-state index contributed by atoms with van der Waals surface area (Å²) in [6.45, 7) is 2.50. The summed E-state index contributed by atoms with van der Waals surface area (Å²) in [6.07, 6.45) is 1.55. The normalized spacial score (nSPS) is 13.0. The highest BCUT2D eigenvalue weighted by atomic mass is 79.9. The predicted octanol–water partition coefficient (Wildman–Crippen LogP) is 2.38. The Hall–Kier alpha value is -2.28. The van der Waals surface area contributed by atoms with Crippen molar-refractivity contribution < 1.29 is 19.4 Å². The molecule has 0 radical (unpaired) electrons. The van der Waals surface area contributed by atoms with Gasteiger partial charge in [-0.05, 0) is 40.5 Å². The first-order chi connectivity index (χ1) is 10.5. The maximum Gasteiger partial charge on any atom is 0.341 e. The van der Waals surface area contributed by atoms with E-state index in [9.17, 15) is 14.7 Å². The molecule has 1 aromatic carbocycles. The number of aromatic nitrogens is 1. The number of carboxylic acids is 1. The minimum atomic E-state index is -1.25. The Bertz CT molecular complexity index is 827. The van der Waals surface area contributed by atoms with Crippen LogP contribution in [-0.2, 0) is 0 Å². The maximum atomic E-state index is 12.4. The van der Waals surface area contributed by atoms with E-state index in [-0.39, 0.29) is 5.56 Å². The van der Waals surface area contributed by atoms with Gasteiger partial charge in [-0.2, -0.15) is 0 Å². The third-order valence-corrected chi connectivity index (χ3v) is 4.23. The minimum absolute atomic E-state index is 0.260. The molecule has 22 heavy (non-hydrogen) atoms. The number of pyridine rings is 1. The fourth-order valence-electron chi connectivity index (χ4n) is 2.29. The average molecular weight is 366 g/mol. The first kappa shape index (κ1) is 14.6. The van der Waals surface area contributed by atoms with Gasteiger partial charge in [0.1, 0.15) is 18.8 Å². The van der Waals surface area contributed by atoms with Gasteiger partial charge in [0, 0.05) is 16.7 Å². The number of fused-ring (bicyclic) bond motifs is 1. The van der Waals surface area contributed by atoms with Gasteiger partial charge in [0.05, 0.1) is 5.69 Å². The molecule has 6 nitrogen and oxygen atoms in total. The molecule has 0 bridgehead atoms. The quantitative estimate of drug-likeness (QED) is 0.883. The molecule has 7 heteroatoms. The van der Waals surface area contributed by atoms with Gasteiger partial charge in [-0.15, -0.1) is 0 Å². The predicted molar refractivity (Wildman–Crippen MR) is 82.4 cm³/mol. The zero-order valence-corrected chi connectivity index (χ0v) is 13.2. The summed E-state index contributed by atoms with van der Waals surface area (Å²) < 4.78 is 12.7. The van der Waals surface area contributed by atoms with Crippen LogP contribution in [0.2, 0.25) is 0 Å². The highest BCUT2D eigenvalue weighted by Gasteiger charge is 2.19. The van der Waals surface area contributed by atoms with Crippen LogP contribution in [0.5, 0.6) is 11.5 Å². The molecule has 3 rings (SSSR count). The Labute approximate surface area is 134 Å². The van der Waals surface area contributed by atoms with Gasteiger partial charge in [0.15, 0.2) is 11.5 Å². The van der Waals surface area contributed by atoms with E-state index in [0.717, 1.165) is 0 Å². The number of nitrogens with zero attached hydrogens (tertiary/aromatic N) is 1. The third kappa shape index (κ3) is 2.37. The molecule has 114 valence electrons. The van der Waals surface area contributed by atoms with Crippen molar-refractivity contribution >= 4 is 21.9 Å². The Balaban J connectivity index is 2.21. The van der Waals surface area contributed by atoms with Crippen LogP contribution in [0.15, 0.2) is 33.7 Å². The molecule has 0 amide bonds. The molecule has 2 heterocycles. The number of aromatic carboxylic acids is 1. The van der Waals surface area contributed by atoms with Crippen LogP contribution in [0.4, 0.5) is 0 Å². The lowest BCUT2D eigenvalue weighted by Gasteiger charge is -2.19. The largest absolute Gasteiger partial charge is 0.486 e. The highest BCUT2D eigenvalue weighted by molar-refractivity contribution is 9.10. The van der Waals surface area contributed by atoms with E-state index in [4.69, 9.17) is 9.47 Å². The zero-order chi connectivity index (χ0) is 15.9. The lowest BCUT2D eigenvalue weighted by molar-refractivity contribution is 0.0693. The van der Waals surface area contributed by atoms with Gasteiger partial charge < -0.3 is 14.6 Å². The van der Waals surface area contributed by atoms with Crippen molar-refractivity contribution in [1.29, 1.82) is 0 Å². The lowest BCUT2D eigenvalue weighted by Crippen LogP contribution is -2.26. The van der Waals surface area contributed by atoms with Crippen LogP contribution in [-0.4, -0.2) is 28.9 Å². The van der Waals surface area contributed by atoms with Crippen LogP contribution in [0, 0.1) is 6.92 Å². The number of rotatable bonds is 2. The molecule has 1 aromatic heterocycles. The second-order valence-electron chi connectivity index (χ2n) is 4.79. The zero-order valence-electron chi connectivity index (χ0n) is 11.6. The summed E-state index contributed by atoms with van der Waals surface area (Å²) in [5, 5.41) is 9.26. The van der Waals surface area contributed by atoms with E-state index in [1.807, 2.05) is 0 Å². The van der Waals surface area contributed by atoms with Crippen molar-refractivity contribution in [2.75, 3.05) is 13.2 Å². The second-order valence-corrected chi connectivity index (χ2v) is 5.64. The monoisotopic (exact) mass is 365 g/mol. The molecule has 0 aliphatic carbocycles. The molecule has 1 aliphatic rings. The molecule has 0 spiro atoms. The summed E-state index contributed by atoms with van der Waals surface area (Å²) >= 11 is 3.29. The number of carboxylic acid groups (broad SMARTS) is 1. The van der Waals surface area contributed by atoms with E-state index < -0.39 is 11.5 Å². The van der Waals surface area contributed by atoms with Crippen molar-refractivity contribution in [2.45, 2.75) is 6.92 Å². The van der Waals surface area contributed by atoms with Crippen molar-refractivity contribution in [1.82, 2.24) is 4.57 Å². The fraction of sp³-hybridized carbons (Fsp3) is 0.200. The molecule has 0 atom stereocenters. The molecule has 2 aromatic rings. The highest BCUT2D eigenvalue weighted by Crippen LogP contribution is 2.32. The fourth-order valence-corrected chi connectivity index (χ4v) is 2.70. The number of hydrogen-bond donors (Lipinski definition) is 1. The van der Waals surface area contributed by atoms with E-state index in [1.54, 1.807) is 31.3 Å². The van der Waals surface area contributed by atoms with Crippen LogP contribution in [0.1, 0.15) is 15.9 Å². The Morgan fingerprint density at radius 1 is 1.27 bits per heavy atom. The SMILES string of the molecule is Cc1c(Br)cn(-c2ccc3c(c2)OCCO3)c(=O)c1C(=O)O. The summed E-state index contributed by atoms with van der Waals surface area (Å²) in [6, 6.07) is 5.04. The third-order valence-electron chi connectivity index (χ3n) is 3.43. The average Bonchev–Trinajstić information content (AvgIpc) is 2.50. The standard InChI is InChI=1S/C15H12BrNO5/c1-8-10(16)7-17(14(18)13(8)15(19)20)9-2-3-11-12(6-9)22-5-4-21-11/h2-3,6-7H,4-5H2,1H3,(H,19,20).